The summed E-state index contributed by atoms with van der Waals surface area (Å²) in [5.41, 5.74) is 0.252. The summed E-state index contributed by atoms with van der Waals surface area (Å²) >= 11 is 0. The molecule has 1 aromatic rings. The zero-order valence-electron chi connectivity index (χ0n) is 17.6. The summed E-state index contributed by atoms with van der Waals surface area (Å²) in [4.78, 5) is 49.7. The van der Waals surface area contributed by atoms with Crippen LogP contribution < -0.4 is 0 Å². The van der Waals surface area contributed by atoms with Crippen molar-refractivity contribution in [1.82, 2.24) is 0 Å². The Bertz CT molecular complexity index is 800. The molecule has 0 unspecified atom stereocenters. The van der Waals surface area contributed by atoms with Crippen LogP contribution in [-0.4, -0.2) is 62.4 Å². The fourth-order valence-corrected chi connectivity index (χ4v) is 1.89. The fourth-order valence-electron chi connectivity index (χ4n) is 1.89. The van der Waals surface area contributed by atoms with E-state index in [0.717, 1.165) is 19.3 Å². The highest BCUT2D eigenvalue weighted by Crippen LogP contribution is 2.34. The Balaban J connectivity index is 0. The third-order valence-corrected chi connectivity index (χ3v) is 3.67. The maximum Gasteiger partial charge on any atom is 0.415 e. The third-order valence-electron chi connectivity index (χ3n) is 3.67. The number of unbranched alkanes of at least 4 members (excludes halogenated alkanes) is 1. The van der Waals surface area contributed by atoms with E-state index in [1.54, 1.807) is 12.1 Å². The van der Waals surface area contributed by atoms with Crippen LogP contribution in [0.4, 0.5) is 17.6 Å². The number of hydrogen-bond donors (Lipinski definition) is 4. The lowest BCUT2D eigenvalue weighted by Gasteiger charge is -2.17. The Hall–Kier alpha value is -3.51. The molecule has 0 aromatic heterocycles. The van der Waals surface area contributed by atoms with Crippen molar-refractivity contribution in [1.29, 1.82) is 0 Å². The maximum absolute atomic E-state index is 11.8. The van der Waals surface area contributed by atoms with Crippen molar-refractivity contribution in [3.05, 3.63) is 35.4 Å². The Labute approximate surface area is 185 Å². The van der Waals surface area contributed by atoms with Crippen molar-refractivity contribution in [3.63, 3.8) is 0 Å². The second kappa shape index (κ2) is 14.5. The van der Waals surface area contributed by atoms with Gasteiger partial charge in [-0.1, -0.05) is 44.9 Å². The minimum Gasteiger partial charge on any atom is -0.481 e. The highest BCUT2D eigenvalue weighted by Gasteiger charge is 2.68. The molecule has 0 spiro atoms. The number of aromatic carboxylic acids is 1. The number of carboxylic acid groups (broad SMARTS) is 4. The predicted molar refractivity (Wildman–Crippen MR) is 105 cm³/mol. The van der Waals surface area contributed by atoms with Gasteiger partial charge in [-0.2, -0.15) is 17.6 Å². The van der Waals surface area contributed by atoms with E-state index in [2.05, 4.69) is 13.8 Å². The molecule has 13 heteroatoms. The van der Waals surface area contributed by atoms with Crippen molar-refractivity contribution < 1.29 is 62.0 Å². The predicted octanol–water partition coefficient (Wildman–Crippen LogP) is 3.91. The van der Waals surface area contributed by atoms with Crippen LogP contribution in [0.3, 0.4) is 0 Å². The number of halogens is 4. The van der Waals surface area contributed by atoms with Gasteiger partial charge in [0.2, 0.25) is 0 Å². The summed E-state index contributed by atoms with van der Waals surface area (Å²) in [7, 11) is 0. The Morgan fingerprint density at radius 3 is 1.64 bits per heavy atom. The zero-order valence-corrected chi connectivity index (χ0v) is 17.6. The molecule has 0 saturated heterocycles. The van der Waals surface area contributed by atoms with Gasteiger partial charge in [-0.3, -0.25) is 9.59 Å². The molecule has 0 bridgehead atoms. The summed E-state index contributed by atoms with van der Waals surface area (Å²) in [6.07, 6.45) is 3.88. The van der Waals surface area contributed by atoms with Crippen LogP contribution in [0.25, 0.3) is 0 Å². The van der Waals surface area contributed by atoms with Crippen LogP contribution in [0, 0.1) is 5.92 Å². The second-order valence-corrected chi connectivity index (χ2v) is 6.80. The van der Waals surface area contributed by atoms with Gasteiger partial charge in [-0.25, -0.2) is 14.4 Å². The molecule has 0 aliphatic carbocycles. The number of carbonyl (C=O) groups excluding carboxylic acids is 1. The zero-order chi connectivity index (χ0) is 26.4. The van der Waals surface area contributed by atoms with Gasteiger partial charge >= 0.3 is 35.7 Å². The van der Waals surface area contributed by atoms with Crippen molar-refractivity contribution >= 4 is 30.2 Å². The highest BCUT2D eigenvalue weighted by molar-refractivity contribution is 5.97. The number of carboxylic acids is 4. The van der Waals surface area contributed by atoms with Gasteiger partial charge in [0.25, 0.3) is 0 Å². The molecule has 33 heavy (non-hydrogen) atoms. The average Bonchev–Trinajstić information content (AvgIpc) is 2.71. The maximum atomic E-state index is 11.8. The minimum atomic E-state index is -5.60. The fraction of sp³-hybridized carbons (Fsp3) is 0.450. The van der Waals surface area contributed by atoms with Crippen LogP contribution in [0.5, 0.6) is 0 Å². The van der Waals surface area contributed by atoms with E-state index in [-0.39, 0.29) is 11.1 Å². The van der Waals surface area contributed by atoms with Crippen molar-refractivity contribution in [2.45, 2.75) is 51.4 Å². The monoisotopic (exact) mass is 484 g/mol. The summed E-state index contributed by atoms with van der Waals surface area (Å²) in [5, 5.41) is 31.9. The lowest BCUT2D eigenvalue weighted by Crippen LogP contribution is -2.52. The minimum absolute atomic E-state index is 0.0440. The Kier molecular flexibility index (Phi) is 13.9. The van der Waals surface area contributed by atoms with E-state index in [4.69, 9.17) is 20.4 Å². The summed E-state index contributed by atoms with van der Waals surface area (Å²) in [5.74, 6) is -18.6. The molecule has 0 atom stereocenters. The number of alkyl halides is 4. The first-order valence-electron chi connectivity index (χ1n) is 9.24. The van der Waals surface area contributed by atoms with E-state index in [1.807, 2.05) is 0 Å². The third kappa shape index (κ3) is 11.6. The first-order chi connectivity index (χ1) is 15.0. The highest BCUT2D eigenvalue weighted by atomic mass is 19.3. The Morgan fingerprint density at radius 1 is 0.879 bits per heavy atom. The van der Waals surface area contributed by atoms with Crippen molar-refractivity contribution in [3.8, 4) is 0 Å². The van der Waals surface area contributed by atoms with E-state index < -0.39 is 35.7 Å². The molecule has 0 fully saturated rings. The van der Waals surface area contributed by atoms with Gasteiger partial charge in [0.15, 0.2) is 6.29 Å². The molecule has 1 rings (SSSR count). The number of aliphatic carboxylic acids is 3. The van der Waals surface area contributed by atoms with Crippen molar-refractivity contribution in [2.75, 3.05) is 0 Å². The lowest BCUT2D eigenvalue weighted by atomic mass is 10.1. The first kappa shape index (κ1) is 31.7. The normalized spacial score (nSPS) is 10.8. The molecule has 186 valence electrons. The van der Waals surface area contributed by atoms with Crippen LogP contribution in [-0.2, 0) is 14.4 Å². The molecule has 0 radical (unpaired) electrons. The smallest absolute Gasteiger partial charge is 0.415 e. The van der Waals surface area contributed by atoms with Gasteiger partial charge in [-0.05, 0) is 18.4 Å². The Morgan fingerprint density at radius 2 is 1.33 bits per heavy atom. The summed E-state index contributed by atoms with van der Waals surface area (Å²) in [6.45, 7) is 4.31. The van der Waals surface area contributed by atoms with E-state index >= 15 is 0 Å². The van der Waals surface area contributed by atoms with Gasteiger partial charge in [0, 0.05) is 12.0 Å². The van der Waals surface area contributed by atoms with Gasteiger partial charge in [0.05, 0.1) is 5.56 Å². The average molecular weight is 484 g/mol. The largest absolute Gasteiger partial charge is 0.481 e. The molecule has 0 amide bonds. The molecule has 1 aromatic carbocycles. The van der Waals surface area contributed by atoms with E-state index in [0.29, 0.717) is 18.6 Å². The van der Waals surface area contributed by atoms with Crippen LogP contribution >= 0.6 is 0 Å². The molecular formula is C20H24F4O9. The SMILES string of the molecule is CC(C)CCCCC(=O)O.O=C(O)C(F)(F)C(F)(F)C(=O)O.O=Cc1ccccc1C(=O)O. The number of aldehydes is 1. The molecule has 0 saturated carbocycles. The van der Waals surface area contributed by atoms with Gasteiger partial charge in [-0.15, -0.1) is 0 Å². The second-order valence-electron chi connectivity index (χ2n) is 6.80. The molecule has 9 nitrogen and oxygen atoms in total. The molecular weight excluding hydrogens is 460 g/mol. The lowest BCUT2D eigenvalue weighted by molar-refractivity contribution is -0.231. The number of benzene rings is 1. The topological polar surface area (TPSA) is 166 Å². The standard InChI is InChI=1S/C8H6O3.C8H16O2.C4H2F4O4/c9-5-6-3-1-2-4-7(6)8(10)11;1-7(2)5-3-4-6-8(9)10;5-3(6,1(9)10)4(7,8)2(11)12/h1-5H,(H,10,11);7H,3-6H2,1-2H3,(H,9,10);(H,9,10)(H,11,12). The molecule has 0 heterocycles. The number of carbonyl (C=O) groups is 5. The first-order valence-corrected chi connectivity index (χ1v) is 9.24. The quantitative estimate of drug-likeness (QED) is 0.219. The van der Waals surface area contributed by atoms with Crippen LogP contribution in [0.15, 0.2) is 24.3 Å². The van der Waals surface area contributed by atoms with E-state index in [9.17, 15) is 41.5 Å². The van der Waals surface area contributed by atoms with Gasteiger partial charge < -0.3 is 20.4 Å². The van der Waals surface area contributed by atoms with Crippen molar-refractivity contribution in [2.24, 2.45) is 5.92 Å². The number of rotatable bonds is 10. The summed E-state index contributed by atoms with van der Waals surface area (Å²) in [6, 6.07) is 6.06. The molecule has 0 aliphatic rings. The van der Waals surface area contributed by atoms with Gasteiger partial charge in [0.1, 0.15) is 0 Å². The molecule has 4 N–H and O–H groups in total. The van der Waals surface area contributed by atoms with Crippen LogP contribution in [0.1, 0.15) is 60.2 Å². The molecule has 0 aliphatic heterocycles. The number of hydrogen-bond acceptors (Lipinski definition) is 5. The van der Waals surface area contributed by atoms with E-state index in [1.165, 1.54) is 12.1 Å². The summed E-state index contributed by atoms with van der Waals surface area (Å²) < 4.78 is 47.4. The van der Waals surface area contributed by atoms with Crippen LogP contribution in [0.2, 0.25) is 0 Å².